The maximum absolute atomic E-state index is 4.45. The molecule has 4 heteroatoms. The second-order valence-electron chi connectivity index (χ2n) is 4.52. The summed E-state index contributed by atoms with van der Waals surface area (Å²) in [7, 11) is 0. The van der Waals surface area contributed by atoms with E-state index in [4.69, 9.17) is 0 Å². The molecule has 3 rings (SSSR count). The standard InChI is InChI=1S/C11H17N3S/c1-2-10-9-6-12-5-8(9)7-14(10)11-13-3-4-15-11/h3-4,8-10,12H,2,5-7H2,1H3. The molecule has 0 radical (unpaired) electrons. The number of nitrogens with one attached hydrogen (secondary N) is 1. The van der Waals surface area contributed by atoms with E-state index in [2.05, 4.69) is 27.5 Å². The summed E-state index contributed by atoms with van der Waals surface area (Å²) in [5.74, 6) is 1.69. The van der Waals surface area contributed by atoms with Gasteiger partial charge in [0.25, 0.3) is 0 Å². The molecule has 0 spiro atoms. The maximum Gasteiger partial charge on any atom is 0.185 e. The van der Waals surface area contributed by atoms with Gasteiger partial charge < -0.3 is 10.2 Å². The van der Waals surface area contributed by atoms with Gasteiger partial charge in [-0.05, 0) is 18.3 Å². The number of nitrogens with zero attached hydrogens (tertiary/aromatic N) is 2. The van der Waals surface area contributed by atoms with E-state index in [-0.39, 0.29) is 0 Å². The van der Waals surface area contributed by atoms with Gasteiger partial charge in [0.05, 0.1) is 0 Å². The summed E-state index contributed by atoms with van der Waals surface area (Å²) in [6.45, 7) is 5.89. The van der Waals surface area contributed by atoms with Crippen molar-refractivity contribution in [1.82, 2.24) is 10.3 Å². The van der Waals surface area contributed by atoms with Crippen molar-refractivity contribution >= 4 is 16.5 Å². The number of rotatable bonds is 2. The van der Waals surface area contributed by atoms with Crippen LogP contribution < -0.4 is 10.2 Å². The molecule has 1 aromatic rings. The molecule has 3 atom stereocenters. The minimum atomic E-state index is 0.705. The average molecular weight is 223 g/mol. The zero-order valence-electron chi connectivity index (χ0n) is 9.02. The lowest BCUT2D eigenvalue weighted by Gasteiger charge is -2.26. The van der Waals surface area contributed by atoms with Crippen LogP contribution in [0.2, 0.25) is 0 Å². The van der Waals surface area contributed by atoms with Crippen molar-refractivity contribution in [1.29, 1.82) is 0 Å². The first kappa shape index (κ1) is 9.60. The van der Waals surface area contributed by atoms with Crippen LogP contribution in [-0.2, 0) is 0 Å². The Labute approximate surface area is 94.5 Å². The van der Waals surface area contributed by atoms with Crippen molar-refractivity contribution in [3.63, 3.8) is 0 Å². The maximum atomic E-state index is 4.45. The second-order valence-corrected chi connectivity index (χ2v) is 5.40. The third-order valence-corrected chi connectivity index (χ3v) is 4.61. The molecule has 82 valence electrons. The number of anilines is 1. The van der Waals surface area contributed by atoms with Crippen molar-refractivity contribution in [3.8, 4) is 0 Å². The Morgan fingerprint density at radius 2 is 2.53 bits per heavy atom. The Hall–Kier alpha value is -0.610. The zero-order valence-corrected chi connectivity index (χ0v) is 9.83. The highest BCUT2D eigenvalue weighted by molar-refractivity contribution is 7.13. The van der Waals surface area contributed by atoms with Crippen LogP contribution in [0.3, 0.4) is 0 Å². The molecule has 3 heterocycles. The smallest absolute Gasteiger partial charge is 0.185 e. The fourth-order valence-electron chi connectivity index (χ4n) is 3.12. The molecule has 2 aliphatic heterocycles. The Morgan fingerprint density at radius 3 is 3.27 bits per heavy atom. The van der Waals surface area contributed by atoms with E-state index in [1.165, 1.54) is 31.2 Å². The van der Waals surface area contributed by atoms with Gasteiger partial charge in [0, 0.05) is 37.3 Å². The van der Waals surface area contributed by atoms with Crippen LogP contribution in [0.4, 0.5) is 5.13 Å². The van der Waals surface area contributed by atoms with E-state index in [1.807, 2.05) is 6.20 Å². The zero-order chi connectivity index (χ0) is 10.3. The number of hydrogen-bond donors (Lipinski definition) is 1. The van der Waals surface area contributed by atoms with E-state index in [1.54, 1.807) is 11.3 Å². The van der Waals surface area contributed by atoms with Crippen LogP contribution in [-0.4, -0.2) is 30.7 Å². The molecule has 2 saturated heterocycles. The monoisotopic (exact) mass is 223 g/mol. The van der Waals surface area contributed by atoms with Gasteiger partial charge >= 0.3 is 0 Å². The van der Waals surface area contributed by atoms with Gasteiger partial charge in [0.2, 0.25) is 0 Å². The molecule has 1 N–H and O–H groups in total. The molecule has 15 heavy (non-hydrogen) atoms. The minimum absolute atomic E-state index is 0.705. The molecule has 0 aliphatic carbocycles. The molecule has 0 bridgehead atoms. The Kier molecular flexibility index (Phi) is 2.41. The lowest BCUT2D eigenvalue weighted by Crippen LogP contribution is -2.34. The Balaban J connectivity index is 1.85. The lowest BCUT2D eigenvalue weighted by atomic mass is 9.93. The molecule has 2 aliphatic rings. The fourth-order valence-corrected chi connectivity index (χ4v) is 3.83. The molecule has 0 saturated carbocycles. The normalized spacial score (nSPS) is 34.7. The summed E-state index contributed by atoms with van der Waals surface area (Å²) >= 11 is 1.77. The first-order chi connectivity index (χ1) is 7.40. The topological polar surface area (TPSA) is 28.2 Å². The summed E-state index contributed by atoms with van der Waals surface area (Å²) in [4.78, 5) is 6.98. The van der Waals surface area contributed by atoms with E-state index >= 15 is 0 Å². The summed E-state index contributed by atoms with van der Waals surface area (Å²) in [6.07, 6.45) is 3.15. The number of thiazole rings is 1. The molecule has 1 aromatic heterocycles. The molecule has 3 nitrogen and oxygen atoms in total. The van der Waals surface area contributed by atoms with Crippen LogP contribution in [0.15, 0.2) is 11.6 Å². The van der Waals surface area contributed by atoms with Gasteiger partial charge in [-0.15, -0.1) is 11.3 Å². The highest BCUT2D eigenvalue weighted by Gasteiger charge is 2.43. The molecule has 3 unspecified atom stereocenters. The quantitative estimate of drug-likeness (QED) is 0.825. The van der Waals surface area contributed by atoms with E-state index in [0.29, 0.717) is 6.04 Å². The van der Waals surface area contributed by atoms with Crippen molar-refractivity contribution in [2.24, 2.45) is 11.8 Å². The summed E-state index contributed by atoms with van der Waals surface area (Å²) < 4.78 is 0. The Bertz CT molecular complexity index is 325. The van der Waals surface area contributed by atoms with Crippen molar-refractivity contribution in [2.45, 2.75) is 19.4 Å². The third-order valence-electron chi connectivity index (χ3n) is 3.80. The summed E-state index contributed by atoms with van der Waals surface area (Å²) in [5, 5.41) is 6.81. The van der Waals surface area contributed by atoms with Gasteiger partial charge in [0.15, 0.2) is 5.13 Å². The summed E-state index contributed by atoms with van der Waals surface area (Å²) in [5.41, 5.74) is 0. The predicted molar refractivity (Wildman–Crippen MR) is 63.4 cm³/mol. The minimum Gasteiger partial charge on any atom is -0.344 e. The highest BCUT2D eigenvalue weighted by atomic mass is 32.1. The van der Waals surface area contributed by atoms with Crippen LogP contribution in [0.5, 0.6) is 0 Å². The second kappa shape index (κ2) is 3.76. The van der Waals surface area contributed by atoms with Crippen molar-refractivity contribution in [2.75, 3.05) is 24.5 Å². The van der Waals surface area contributed by atoms with E-state index in [9.17, 15) is 0 Å². The van der Waals surface area contributed by atoms with E-state index in [0.717, 1.165) is 11.8 Å². The lowest BCUT2D eigenvalue weighted by molar-refractivity contribution is 0.442. The Morgan fingerprint density at radius 1 is 1.60 bits per heavy atom. The SMILES string of the molecule is CCC1C2CNCC2CN1c1nccs1. The van der Waals surface area contributed by atoms with Gasteiger partial charge in [0.1, 0.15) is 0 Å². The number of aromatic nitrogens is 1. The van der Waals surface area contributed by atoms with Gasteiger partial charge in [-0.1, -0.05) is 6.92 Å². The largest absolute Gasteiger partial charge is 0.344 e. The van der Waals surface area contributed by atoms with Crippen molar-refractivity contribution in [3.05, 3.63) is 11.6 Å². The molecular formula is C11H17N3S. The molecule has 0 aromatic carbocycles. The molecule has 2 fully saturated rings. The highest BCUT2D eigenvalue weighted by Crippen LogP contribution is 2.37. The summed E-state index contributed by atoms with van der Waals surface area (Å²) in [6, 6.07) is 0.705. The number of fused-ring (bicyclic) bond motifs is 1. The number of hydrogen-bond acceptors (Lipinski definition) is 4. The van der Waals surface area contributed by atoms with Gasteiger partial charge in [-0.3, -0.25) is 0 Å². The fraction of sp³-hybridized carbons (Fsp3) is 0.727. The molecule has 0 amide bonds. The first-order valence-electron chi connectivity index (χ1n) is 5.77. The van der Waals surface area contributed by atoms with Crippen LogP contribution in [0, 0.1) is 11.8 Å². The predicted octanol–water partition coefficient (Wildman–Crippen LogP) is 1.58. The van der Waals surface area contributed by atoms with Crippen LogP contribution in [0.1, 0.15) is 13.3 Å². The first-order valence-corrected chi connectivity index (χ1v) is 6.65. The van der Waals surface area contributed by atoms with Crippen molar-refractivity contribution < 1.29 is 0 Å². The van der Waals surface area contributed by atoms with Gasteiger partial charge in [-0.25, -0.2) is 4.98 Å². The van der Waals surface area contributed by atoms with Crippen LogP contribution >= 0.6 is 11.3 Å². The van der Waals surface area contributed by atoms with E-state index < -0.39 is 0 Å². The molecular weight excluding hydrogens is 206 g/mol. The third kappa shape index (κ3) is 1.47. The average Bonchev–Trinajstić information content (AvgIpc) is 2.93. The van der Waals surface area contributed by atoms with Gasteiger partial charge in [-0.2, -0.15) is 0 Å². The van der Waals surface area contributed by atoms with Crippen LogP contribution in [0.25, 0.3) is 0 Å².